The first-order valence-electron chi connectivity index (χ1n) is 9.06. The average molecular weight is 332 g/mol. The first-order valence-corrected chi connectivity index (χ1v) is 10.1. The van der Waals surface area contributed by atoms with Gasteiger partial charge in [0.2, 0.25) is 0 Å². The fourth-order valence-corrected chi connectivity index (χ4v) is 4.40. The fraction of sp³-hybridized carbons (Fsp3) is 0.619. The van der Waals surface area contributed by atoms with E-state index in [0.29, 0.717) is 5.41 Å². The molecule has 0 fully saturated rings. The van der Waals surface area contributed by atoms with Gasteiger partial charge in [-0.2, -0.15) is 11.8 Å². The molecule has 1 aliphatic rings. The van der Waals surface area contributed by atoms with Crippen LogP contribution in [-0.4, -0.2) is 29.0 Å². The summed E-state index contributed by atoms with van der Waals surface area (Å²) in [5, 5.41) is 0.830. The summed E-state index contributed by atoms with van der Waals surface area (Å²) in [6, 6.07) is 10.8. The van der Waals surface area contributed by atoms with Crippen molar-refractivity contribution < 1.29 is 0 Å². The maximum Gasteiger partial charge on any atom is 0.0233 e. The Kier molecular flexibility index (Phi) is 7.23. The van der Waals surface area contributed by atoms with E-state index in [0.717, 1.165) is 18.3 Å². The molecule has 0 aromatic heterocycles. The lowest BCUT2D eigenvalue weighted by molar-refractivity contribution is 0.298. The summed E-state index contributed by atoms with van der Waals surface area (Å²) in [5.74, 6) is 1.25. The number of hydrogen-bond donors (Lipinski definition) is 0. The van der Waals surface area contributed by atoms with Crippen molar-refractivity contribution in [3.63, 3.8) is 0 Å². The Bertz CT molecular complexity index is 486. The van der Waals surface area contributed by atoms with Crippen LogP contribution in [0.3, 0.4) is 0 Å². The first kappa shape index (κ1) is 18.6. The molecule has 1 unspecified atom stereocenters. The highest BCUT2D eigenvalue weighted by atomic mass is 32.2. The first-order chi connectivity index (χ1) is 11.0. The molecular formula is C21H33NS. The number of rotatable bonds is 7. The number of hydrogen-bond acceptors (Lipinski definition) is 2. The van der Waals surface area contributed by atoms with E-state index in [1.807, 2.05) is 0 Å². The van der Waals surface area contributed by atoms with Gasteiger partial charge in [-0.15, -0.1) is 0 Å². The van der Waals surface area contributed by atoms with Gasteiger partial charge in [0.05, 0.1) is 0 Å². The van der Waals surface area contributed by atoms with Gasteiger partial charge in [-0.25, -0.2) is 0 Å². The maximum atomic E-state index is 2.56. The molecule has 128 valence electrons. The van der Waals surface area contributed by atoms with Crippen molar-refractivity contribution in [3.8, 4) is 0 Å². The summed E-state index contributed by atoms with van der Waals surface area (Å²) in [6.45, 7) is 12.7. The molecular weight excluding hydrogens is 298 g/mol. The zero-order valence-electron chi connectivity index (χ0n) is 15.3. The summed E-state index contributed by atoms with van der Waals surface area (Å²) >= 11 is 2.18. The maximum absolute atomic E-state index is 2.56. The van der Waals surface area contributed by atoms with Crippen LogP contribution in [-0.2, 0) is 6.54 Å². The van der Waals surface area contributed by atoms with Gasteiger partial charge in [0.1, 0.15) is 0 Å². The summed E-state index contributed by atoms with van der Waals surface area (Å²) in [7, 11) is 0. The summed E-state index contributed by atoms with van der Waals surface area (Å²) < 4.78 is 0. The van der Waals surface area contributed by atoms with Gasteiger partial charge in [-0.1, -0.05) is 69.7 Å². The molecule has 0 N–H and O–H groups in total. The summed E-state index contributed by atoms with van der Waals surface area (Å²) in [6.07, 6.45) is 6.44. The van der Waals surface area contributed by atoms with Crippen LogP contribution in [0.4, 0.5) is 0 Å². The molecule has 0 saturated carbocycles. The van der Waals surface area contributed by atoms with E-state index in [-0.39, 0.29) is 0 Å². The van der Waals surface area contributed by atoms with Gasteiger partial charge in [0, 0.05) is 24.1 Å². The third kappa shape index (κ3) is 6.35. The van der Waals surface area contributed by atoms with Crippen LogP contribution in [0.2, 0.25) is 0 Å². The number of thioether (sulfide) groups is 1. The third-order valence-corrected chi connectivity index (χ3v) is 6.10. The zero-order valence-corrected chi connectivity index (χ0v) is 16.2. The third-order valence-electron chi connectivity index (χ3n) is 4.78. The molecule has 1 nitrogen and oxygen atoms in total. The SMILES string of the molecule is CCN(CCSC1CC=C(C(C)(C)C)CC1)Cc1ccccc1. The molecule has 0 heterocycles. The van der Waals surface area contributed by atoms with Crippen molar-refractivity contribution >= 4 is 11.8 Å². The van der Waals surface area contributed by atoms with Crippen LogP contribution < -0.4 is 0 Å². The highest BCUT2D eigenvalue weighted by Crippen LogP contribution is 2.36. The van der Waals surface area contributed by atoms with Gasteiger partial charge in [0.25, 0.3) is 0 Å². The predicted octanol–water partition coefficient (Wildman–Crippen LogP) is 5.77. The van der Waals surface area contributed by atoms with Gasteiger partial charge < -0.3 is 0 Å². The molecule has 23 heavy (non-hydrogen) atoms. The van der Waals surface area contributed by atoms with Crippen molar-refractivity contribution in [1.29, 1.82) is 0 Å². The molecule has 1 atom stereocenters. The lowest BCUT2D eigenvalue weighted by atomic mass is 9.80. The Morgan fingerprint density at radius 1 is 1.17 bits per heavy atom. The van der Waals surface area contributed by atoms with E-state index < -0.39 is 0 Å². The summed E-state index contributed by atoms with van der Waals surface area (Å²) in [4.78, 5) is 2.56. The second-order valence-corrected chi connectivity index (χ2v) is 9.01. The van der Waals surface area contributed by atoms with Gasteiger partial charge >= 0.3 is 0 Å². The van der Waals surface area contributed by atoms with Crippen molar-refractivity contribution in [3.05, 3.63) is 47.5 Å². The quantitative estimate of drug-likeness (QED) is 0.584. The van der Waals surface area contributed by atoms with Gasteiger partial charge in [-0.05, 0) is 36.8 Å². The number of nitrogens with zero attached hydrogens (tertiary/aromatic N) is 1. The zero-order chi connectivity index (χ0) is 16.7. The molecule has 0 aliphatic heterocycles. The van der Waals surface area contributed by atoms with E-state index in [2.05, 4.69) is 80.8 Å². The van der Waals surface area contributed by atoms with Crippen LogP contribution in [0.15, 0.2) is 42.0 Å². The number of benzene rings is 1. The number of allylic oxidation sites excluding steroid dienone is 2. The molecule has 0 saturated heterocycles. The van der Waals surface area contributed by atoms with Crippen molar-refractivity contribution in [2.75, 3.05) is 18.8 Å². The van der Waals surface area contributed by atoms with E-state index in [1.165, 1.54) is 37.1 Å². The van der Waals surface area contributed by atoms with Gasteiger partial charge in [0.15, 0.2) is 0 Å². The molecule has 0 spiro atoms. The minimum atomic E-state index is 0.365. The lowest BCUT2D eigenvalue weighted by Crippen LogP contribution is -2.26. The summed E-state index contributed by atoms with van der Waals surface area (Å²) in [5.41, 5.74) is 3.45. The van der Waals surface area contributed by atoms with Crippen LogP contribution in [0.5, 0.6) is 0 Å². The largest absolute Gasteiger partial charge is 0.299 e. The second-order valence-electron chi connectivity index (χ2n) is 7.60. The molecule has 0 amide bonds. The van der Waals surface area contributed by atoms with Crippen LogP contribution in [0, 0.1) is 5.41 Å². The van der Waals surface area contributed by atoms with Crippen LogP contribution in [0.25, 0.3) is 0 Å². The standard InChI is InChI=1S/C21H33NS/c1-5-22(17-18-9-7-6-8-10-18)15-16-23-20-13-11-19(12-14-20)21(2,3)4/h6-11,20H,5,12-17H2,1-4H3. The van der Waals surface area contributed by atoms with E-state index in [9.17, 15) is 0 Å². The van der Waals surface area contributed by atoms with Crippen molar-refractivity contribution in [2.24, 2.45) is 5.41 Å². The smallest absolute Gasteiger partial charge is 0.0233 e. The van der Waals surface area contributed by atoms with Gasteiger partial charge in [-0.3, -0.25) is 4.90 Å². The highest BCUT2D eigenvalue weighted by molar-refractivity contribution is 7.99. The fourth-order valence-electron chi connectivity index (χ4n) is 3.18. The van der Waals surface area contributed by atoms with Crippen molar-refractivity contribution in [2.45, 2.75) is 58.8 Å². The monoisotopic (exact) mass is 331 g/mol. The molecule has 0 radical (unpaired) electrons. The Balaban J connectivity index is 1.71. The molecule has 0 bridgehead atoms. The Hall–Kier alpha value is -0.730. The molecule has 2 rings (SSSR count). The van der Waals surface area contributed by atoms with Crippen LogP contribution in [0.1, 0.15) is 52.5 Å². The Labute approximate surface area is 147 Å². The van der Waals surface area contributed by atoms with Crippen molar-refractivity contribution in [1.82, 2.24) is 4.90 Å². The van der Waals surface area contributed by atoms with E-state index in [1.54, 1.807) is 5.57 Å². The average Bonchev–Trinajstić information content (AvgIpc) is 2.54. The van der Waals surface area contributed by atoms with Crippen LogP contribution >= 0.6 is 11.8 Å². The second kappa shape index (κ2) is 8.94. The highest BCUT2D eigenvalue weighted by Gasteiger charge is 2.22. The normalized spacial score (nSPS) is 19.0. The molecule has 1 aliphatic carbocycles. The van der Waals surface area contributed by atoms with E-state index in [4.69, 9.17) is 0 Å². The Morgan fingerprint density at radius 2 is 1.91 bits per heavy atom. The topological polar surface area (TPSA) is 3.24 Å². The molecule has 2 heteroatoms. The minimum absolute atomic E-state index is 0.365. The Morgan fingerprint density at radius 3 is 2.48 bits per heavy atom. The molecule has 1 aromatic carbocycles. The lowest BCUT2D eigenvalue weighted by Gasteiger charge is -2.30. The molecule has 1 aromatic rings. The predicted molar refractivity (Wildman–Crippen MR) is 105 cm³/mol. The van der Waals surface area contributed by atoms with E-state index >= 15 is 0 Å². The minimum Gasteiger partial charge on any atom is -0.299 e.